The number of hydrogen-bond acceptors (Lipinski definition) is 5. The Hall–Kier alpha value is -1.96. The van der Waals surface area contributed by atoms with Crippen molar-refractivity contribution >= 4 is 16.8 Å². The van der Waals surface area contributed by atoms with Gasteiger partial charge in [0.1, 0.15) is 0 Å². The van der Waals surface area contributed by atoms with Crippen LogP contribution in [0.3, 0.4) is 0 Å². The number of benzene rings is 1. The molecule has 2 aliphatic rings. The molecule has 1 aromatic carbocycles. The second kappa shape index (κ2) is 7.73. The van der Waals surface area contributed by atoms with Gasteiger partial charge in [-0.3, -0.25) is 14.4 Å². The number of hydrogen-bond donors (Lipinski definition) is 2. The summed E-state index contributed by atoms with van der Waals surface area (Å²) in [5.41, 5.74) is 2.70. The molecule has 0 spiro atoms. The highest BCUT2D eigenvalue weighted by Crippen LogP contribution is 2.22. The number of aromatic nitrogens is 2. The van der Waals surface area contributed by atoms with E-state index in [0.717, 1.165) is 74.5 Å². The van der Waals surface area contributed by atoms with Gasteiger partial charge in [-0.2, -0.15) is 5.10 Å². The van der Waals surface area contributed by atoms with Gasteiger partial charge in [-0.1, -0.05) is 0 Å². The van der Waals surface area contributed by atoms with E-state index >= 15 is 0 Å². The maximum atomic E-state index is 12.6. The van der Waals surface area contributed by atoms with Gasteiger partial charge in [-0.25, -0.2) is 0 Å². The fraction of sp³-hybridized carbons (Fsp3) is 0.579. The van der Waals surface area contributed by atoms with Crippen LogP contribution >= 0.6 is 0 Å². The average Bonchev–Trinajstić information content (AvgIpc) is 3.03. The van der Waals surface area contributed by atoms with E-state index in [1.807, 2.05) is 23.7 Å². The summed E-state index contributed by atoms with van der Waals surface area (Å²) in [5.74, 6) is 0.654. The van der Waals surface area contributed by atoms with Crippen LogP contribution in [0.25, 0.3) is 10.9 Å². The highest BCUT2D eigenvalue weighted by atomic mass is 16.5. The van der Waals surface area contributed by atoms with E-state index in [9.17, 15) is 4.79 Å². The molecule has 26 heavy (non-hydrogen) atoms. The summed E-state index contributed by atoms with van der Waals surface area (Å²) in [5, 5.41) is 12.1. The predicted octanol–water partition coefficient (Wildman–Crippen LogP) is 0.626. The van der Waals surface area contributed by atoms with Gasteiger partial charge in [0.2, 0.25) is 0 Å². The fourth-order valence-electron chi connectivity index (χ4n) is 3.61. The largest absolute Gasteiger partial charge is 0.379 e. The Balaban J connectivity index is 1.40. The first kappa shape index (κ1) is 17.5. The summed E-state index contributed by atoms with van der Waals surface area (Å²) in [6, 6.07) is 3.85. The van der Waals surface area contributed by atoms with Crippen LogP contribution in [0.5, 0.6) is 0 Å². The molecule has 2 saturated heterocycles. The summed E-state index contributed by atoms with van der Waals surface area (Å²) < 4.78 is 7.37. The smallest absolute Gasteiger partial charge is 0.251 e. The van der Waals surface area contributed by atoms with Crippen molar-refractivity contribution in [1.29, 1.82) is 0 Å². The van der Waals surface area contributed by atoms with Crippen molar-refractivity contribution in [3.8, 4) is 0 Å². The van der Waals surface area contributed by atoms with E-state index in [1.54, 1.807) is 0 Å². The second-order valence-corrected chi connectivity index (χ2v) is 7.26. The number of amides is 1. The minimum absolute atomic E-state index is 0.00592. The summed E-state index contributed by atoms with van der Waals surface area (Å²) in [6.45, 7) is 10.0. The highest BCUT2D eigenvalue weighted by Gasteiger charge is 2.19. The number of morpholine rings is 1. The molecule has 4 rings (SSSR count). The number of nitrogens with one attached hydrogen (secondary N) is 2. The topological polar surface area (TPSA) is 71.4 Å². The lowest BCUT2D eigenvalue weighted by atomic mass is 10.0. The molecule has 2 aliphatic heterocycles. The molecule has 1 aromatic heterocycles. The SMILES string of the molecule is Cc1c(C(=O)NCCN2CCOCC2)ccc2nn(CC3CNC3)cc12. The van der Waals surface area contributed by atoms with E-state index in [4.69, 9.17) is 4.74 Å². The first-order valence-electron chi connectivity index (χ1n) is 9.46. The van der Waals surface area contributed by atoms with E-state index in [0.29, 0.717) is 12.5 Å². The van der Waals surface area contributed by atoms with Crippen molar-refractivity contribution in [2.75, 3.05) is 52.5 Å². The first-order chi connectivity index (χ1) is 12.7. The maximum absolute atomic E-state index is 12.6. The van der Waals surface area contributed by atoms with Crippen molar-refractivity contribution in [3.05, 3.63) is 29.5 Å². The highest BCUT2D eigenvalue weighted by molar-refractivity contribution is 6.00. The molecule has 2 aromatic rings. The minimum atomic E-state index is -0.00592. The number of nitrogens with zero attached hydrogens (tertiary/aromatic N) is 3. The molecule has 0 atom stereocenters. The number of carbonyl (C=O) groups excluding carboxylic acids is 1. The zero-order valence-corrected chi connectivity index (χ0v) is 15.3. The standard InChI is InChI=1S/C19H27N5O2/c1-14-16(19(25)21-4-5-23-6-8-26-9-7-23)2-3-18-17(14)13-24(22-18)12-15-10-20-11-15/h2-3,13,15,20H,4-12H2,1H3,(H,21,25). The Bertz CT molecular complexity index is 778. The zero-order valence-electron chi connectivity index (χ0n) is 15.3. The Kier molecular flexibility index (Phi) is 5.19. The summed E-state index contributed by atoms with van der Waals surface area (Å²) >= 11 is 0. The lowest BCUT2D eigenvalue weighted by molar-refractivity contribution is 0.0383. The summed E-state index contributed by atoms with van der Waals surface area (Å²) in [6.07, 6.45) is 2.08. The lowest BCUT2D eigenvalue weighted by Crippen LogP contribution is -2.44. The predicted molar refractivity (Wildman–Crippen MR) is 100 cm³/mol. The Morgan fingerprint density at radius 1 is 1.35 bits per heavy atom. The average molecular weight is 357 g/mol. The van der Waals surface area contributed by atoms with Crippen LogP contribution in [-0.4, -0.2) is 73.1 Å². The quantitative estimate of drug-likeness (QED) is 0.793. The van der Waals surface area contributed by atoms with Crippen LogP contribution in [0.4, 0.5) is 0 Å². The number of aryl methyl sites for hydroxylation is 1. The van der Waals surface area contributed by atoms with Gasteiger partial charge in [0, 0.05) is 68.9 Å². The third kappa shape index (κ3) is 3.75. The molecule has 2 fully saturated rings. The van der Waals surface area contributed by atoms with E-state index in [2.05, 4.69) is 26.8 Å². The first-order valence-corrected chi connectivity index (χ1v) is 9.46. The molecule has 0 saturated carbocycles. The Labute approximate surface area is 153 Å². The van der Waals surface area contributed by atoms with Crippen LogP contribution in [-0.2, 0) is 11.3 Å². The minimum Gasteiger partial charge on any atom is -0.379 e. The third-order valence-electron chi connectivity index (χ3n) is 5.38. The van der Waals surface area contributed by atoms with Crippen LogP contribution in [0.15, 0.2) is 18.3 Å². The van der Waals surface area contributed by atoms with Crippen molar-refractivity contribution in [1.82, 2.24) is 25.3 Å². The van der Waals surface area contributed by atoms with Gasteiger partial charge in [-0.15, -0.1) is 0 Å². The van der Waals surface area contributed by atoms with Crippen molar-refractivity contribution in [3.63, 3.8) is 0 Å². The molecule has 7 nitrogen and oxygen atoms in total. The molecule has 3 heterocycles. The van der Waals surface area contributed by atoms with Crippen LogP contribution in [0.1, 0.15) is 15.9 Å². The molecule has 0 radical (unpaired) electrons. The van der Waals surface area contributed by atoms with E-state index in [-0.39, 0.29) is 5.91 Å². The zero-order chi connectivity index (χ0) is 17.9. The van der Waals surface area contributed by atoms with Gasteiger partial charge in [0.25, 0.3) is 5.91 Å². The second-order valence-electron chi connectivity index (χ2n) is 7.26. The molecule has 0 bridgehead atoms. The third-order valence-corrected chi connectivity index (χ3v) is 5.38. The van der Waals surface area contributed by atoms with Gasteiger partial charge in [-0.05, 0) is 24.6 Å². The van der Waals surface area contributed by atoms with Crippen LogP contribution in [0.2, 0.25) is 0 Å². The molecule has 0 unspecified atom stereocenters. The summed E-state index contributed by atoms with van der Waals surface area (Å²) in [7, 11) is 0. The molecule has 140 valence electrons. The number of ether oxygens (including phenoxy) is 1. The Morgan fingerprint density at radius 3 is 2.88 bits per heavy atom. The number of fused-ring (bicyclic) bond motifs is 1. The molecular weight excluding hydrogens is 330 g/mol. The summed E-state index contributed by atoms with van der Waals surface area (Å²) in [4.78, 5) is 14.9. The van der Waals surface area contributed by atoms with Gasteiger partial charge >= 0.3 is 0 Å². The van der Waals surface area contributed by atoms with Crippen LogP contribution in [0, 0.1) is 12.8 Å². The fourth-order valence-corrected chi connectivity index (χ4v) is 3.61. The normalized spacial score (nSPS) is 18.8. The molecule has 0 aliphatic carbocycles. The number of carbonyl (C=O) groups is 1. The molecule has 7 heteroatoms. The lowest BCUT2D eigenvalue weighted by Gasteiger charge is -2.26. The maximum Gasteiger partial charge on any atom is 0.251 e. The molecular formula is C19H27N5O2. The van der Waals surface area contributed by atoms with Gasteiger partial charge < -0.3 is 15.4 Å². The molecule has 1 amide bonds. The molecule has 2 N–H and O–H groups in total. The van der Waals surface area contributed by atoms with E-state index in [1.165, 1.54) is 0 Å². The van der Waals surface area contributed by atoms with Gasteiger partial charge in [0.15, 0.2) is 0 Å². The van der Waals surface area contributed by atoms with Gasteiger partial charge in [0.05, 0.1) is 18.7 Å². The van der Waals surface area contributed by atoms with E-state index < -0.39 is 0 Å². The monoisotopic (exact) mass is 357 g/mol. The van der Waals surface area contributed by atoms with Crippen molar-refractivity contribution in [2.45, 2.75) is 13.5 Å². The van der Waals surface area contributed by atoms with Crippen LogP contribution < -0.4 is 10.6 Å². The van der Waals surface area contributed by atoms with Crippen molar-refractivity contribution < 1.29 is 9.53 Å². The Morgan fingerprint density at radius 2 is 2.15 bits per heavy atom. The van der Waals surface area contributed by atoms with Crippen molar-refractivity contribution in [2.24, 2.45) is 5.92 Å². The number of rotatable bonds is 6.